The first-order chi connectivity index (χ1) is 7.66. The van der Waals surface area contributed by atoms with Crippen molar-refractivity contribution in [3.05, 3.63) is 42.0 Å². The average Bonchev–Trinajstić information content (AvgIpc) is 2.77. The maximum Gasteiger partial charge on any atom is 0.179 e. The third-order valence-electron chi connectivity index (χ3n) is 2.22. The molecule has 0 saturated carbocycles. The van der Waals surface area contributed by atoms with Gasteiger partial charge in [0.25, 0.3) is 0 Å². The Bertz CT molecular complexity index is 518. The van der Waals surface area contributed by atoms with Crippen LogP contribution in [0.3, 0.4) is 0 Å². The van der Waals surface area contributed by atoms with E-state index >= 15 is 0 Å². The summed E-state index contributed by atoms with van der Waals surface area (Å²) in [5.74, 6) is 0.493. The van der Waals surface area contributed by atoms with Gasteiger partial charge >= 0.3 is 0 Å². The van der Waals surface area contributed by atoms with Crippen LogP contribution in [0.5, 0.6) is 0 Å². The maximum absolute atomic E-state index is 9.27. The minimum atomic E-state index is -0.0680. The normalized spacial score (nSPS) is 12.3. The van der Waals surface area contributed by atoms with E-state index in [9.17, 15) is 5.21 Å². The van der Waals surface area contributed by atoms with Gasteiger partial charge in [-0.1, -0.05) is 0 Å². The maximum atomic E-state index is 9.27. The summed E-state index contributed by atoms with van der Waals surface area (Å²) in [6.45, 7) is 1.95. The van der Waals surface area contributed by atoms with E-state index < -0.39 is 0 Å². The van der Waals surface area contributed by atoms with Gasteiger partial charge in [-0.3, -0.25) is 5.41 Å². The van der Waals surface area contributed by atoms with Crippen LogP contribution in [0.4, 0.5) is 5.82 Å². The van der Waals surface area contributed by atoms with E-state index in [1.165, 1.54) is 12.4 Å². The second-order valence-corrected chi connectivity index (χ2v) is 3.43. The minimum absolute atomic E-state index is 0.0165. The van der Waals surface area contributed by atoms with Gasteiger partial charge in [-0.15, -0.1) is 0 Å². The zero-order valence-electron chi connectivity index (χ0n) is 8.71. The van der Waals surface area contributed by atoms with Gasteiger partial charge in [0.05, 0.1) is 31.0 Å². The number of furan rings is 1. The van der Waals surface area contributed by atoms with Crippen molar-refractivity contribution in [1.29, 1.82) is 5.41 Å². The molecule has 2 heterocycles. The first-order valence-electron chi connectivity index (χ1n) is 4.78. The van der Waals surface area contributed by atoms with Crippen LogP contribution in [0.1, 0.15) is 18.5 Å². The predicted octanol–water partition coefficient (Wildman–Crippen LogP) is 1.37. The zero-order chi connectivity index (χ0) is 11.5. The molecule has 0 saturated heterocycles. The van der Waals surface area contributed by atoms with E-state index in [4.69, 9.17) is 9.83 Å². The van der Waals surface area contributed by atoms with Crippen molar-refractivity contribution in [3.8, 4) is 0 Å². The number of rotatable bonds is 3. The fourth-order valence-corrected chi connectivity index (χ4v) is 1.31. The van der Waals surface area contributed by atoms with Crippen molar-refractivity contribution in [2.45, 2.75) is 13.0 Å². The third-order valence-corrected chi connectivity index (χ3v) is 2.22. The van der Waals surface area contributed by atoms with Crippen LogP contribution in [0, 0.1) is 5.41 Å². The van der Waals surface area contributed by atoms with E-state index in [0.29, 0.717) is 10.5 Å². The summed E-state index contributed by atoms with van der Waals surface area (Å²) in [4.78, 5) is 3.98. The van der Waals surface area contributed by atoms with Crippen molar-refractivity contribution in [2.75, 3.05) is 5.32 Å². The monoisotopic (exact) mass is 220 g/mol. The highest BCUT2D eigenvalue weighted by molar-refractivity contribution is 5.34. The van der Waals surface area contributed by atoms with Crippen LogP contribution in [0.2, 0.25) is 0 Å². The molecule has 6 heteroatoms. The van der Waals surface area contributed by atoms with Gasteiger partial charge in [-0.25, -0.2) is 4.98 Å². The molecule has 0 spiro atoms. The standard InChI is InChI=1S/C10H12N4O2/c1-7(8-2-3-16-6-8)13-10-5-14(15)9(11)4-12-10/h2-7,11,13,15H,1H3. The quantitative estimate of drug-likeness (QED) is 0.682. The van der Waals surface area contributed by atoms with Crippen LogP contribution in [0.15, 0.2) is 35.4 Å². The summed E-state index contributed by atoms with van der Waals surface area (Å²) < 4.78 is 5.68. The molecule has 0 aliphatic rings. The van der Waals surface area contributed by atoms with Crippen LogP contribution in [0.25, 0.3) is 0 Å². The molecule has 0 radical (unpaired) electrons. The highest BCUT2D eigenvalue weighted by Gasteiger charge is 2.07. The lowest BCUT2D eigenvalue weighted by atomic mass is 10.2. The SMILES string of the molecule is CC(Nc1cn(O)c(=N)cn1)c1ccoc1. The summed E-state index contributed by atoms with van der Waals surface area (Å²) in [7, 11) is 0. The minimum Gasteiger partial charge on any atom is -0.472 e. The summed E-state index contributed by atoms with van der Waals surface area (Å²) in [6.07, 6.45) is 5.85. The lowest BCUT2D eigenvalue weighted by Gasteiger charge is -2.12. The number of hydrogen-bond acceptors (Lipinski definition) is 5. The fourth-order valence-electron chi connectivity index (χ4n) is 1.31. The molecule has 3 N–H and O–H groups in total. The van der Waals surface area contributed by atoms with Crippen LogP contribution in [-0.4, -0.2) is 14.9 Å². The number of nitrogens with zero attached hydrogens (tertiary/aromatic N) is 2. The fraction of sp³-hybridized carbons (Fsp3) is 0.200. The number of anilines is 1. The Labute approximate surface area is 91.6 Å². The molecular weight excluding hydrogens is 208 g/mol. The molecule has 0 aromatic carbocycles. The molecule has 2 aromatic rings. The number of nitrogens with one attached hydrogen (secondary N) is 2. The second-order valence-electron chi connectivity index (χ2n) is 3.43. The Kier molecular flexibility index (Phi) is 2.63. The summed E-state index contributed by atoms with van der Waals surface area (Å²) >= 11 is 0. The largest absolute Gasteiger partial charge is 0.472 e. The van der Waals surface area contributed by atoms with Gasteiger partial charge in [-0.2, -0.15) is 4.73 Å². The average molecular weight is 220 g/mol. The summed E-state index contributed by atoms with van der Waals surface area (Å²) in [6, 6.07) is 1.87. The molecule has 1 atom stereocenters. The molecule has 6 nitrogen and oxygen atoms in total. The van der Waals surface area contributed by atoms with Gasteiger partial charge in [0, 0.05) is 5.56 Å². The molecule has 0 aliphatic heterocycles. The smallest absolute Gasteiger partial charge is 0.179 e. The predicted molar refractivity (Wildman–Crippen MR) is 56.0 cm³/mol. The molecule has 1 unspecified atom stereocenters. The number of hydrogen-bond donors (Lipinski definition) is 3. The van der Waals surface area contributed by atoms with E-state index in [0.717, 1.165) is 5.56 Å². The summed E-state index contributed by atoms with van der Waals surface area (Å²) in [5, 5.41) is 19.6. The Morgan fingerprint density at radius 2 is 2.44 bits per heavy atom. The molecule has 2 rings (SSSR count). The lowest BCUT2D eigenvalue weighted by Crippen LogP contribution is -2.19. The Morgan fingerprint density at radius 1 is 1.62 bits per heavy atom. The van der Waals surface area contributed by atoms with Crippen LogP contribution >= 0.6 is 0 Å². The molecule has 84 valence electrons. The topological polar surface area (TPSA) is 87.1 Å². The van der Waals surface area contributed by atoms with Crippen molar-refractivity contribution in [2.24, 2.45) is 0 Å². The molecular formula is C10H12N4O2. The van der Waals surface area contributed by atoms with Gasteiger partial charge in [0.2, 0.25) is 0 Å². The first kappa shape index (κ1) is 10.3. The Morgan fingerprint density at radius 3 is 3.06 bits per heavy atom. The van der Waals surface area contributed by atoms with Gasteiger partial charge in [0.15, 0.2) is 5.49 Å². The van der Waals surface area contributed by atoms with E-state index in [-0.39, 0.29) is 11.5 Å². The van der Waals surface area contributed by atoms with Crippen molar-refractivity contribution < 1.29 is 9.62 Å². The van der Waals surface area contributed by atoms with Crippen LogP contribution in [-0.2, 0) is 0 Å². The Hall–Kier alpha value is -2.24. The zero-order valence-corrected chi connectivity index (χ0v) is 8.71. The molecule has 2 aromatic heterocycles. The molecule has 0 fully saturated rings. The van der Waals surface area contributed by atoms with Crippen molar-refractivity contribution in [1.82, 2.24) is 9.71 Å². The van der Waals surface area contributed by atoms with Crippen molar-refractivity contribution >= 4 is 5.82 Å². The highest BCUT2D eigenvalue weighted by Crippen LogP contribution is 2.16. The van der Waals surface area contributed by atoms with Gasteiger partial charge in [-0.05, 0) is 13.0 Å². The van der Waals surface area contributed by atoms with Crippen LogP contribution < -0.4 is 10.8 Å². The molecule has 0 aliphatic carbocycles. The van der Waals surface area contributed by atoms with E-state index in [1.807, 2.05) is 13.0 Å². The van der Waals surface area contributed by atoms with E-state index in [1.54, 1.807) is 12.5 Å². The number of aromatic nitrogens is 2. The second kappa shape index (κ2) is 4.09. The lowest BCUT2D eigenvalue weighted by molar-refractivity contribution is 0.170. The van der Waals surface area contributed by atoms with Crippen molar-refractivity contribution in [3.63, 3.8) is 0 Å². The van der Waals surface area contributed by atoms with E-state index in [2.05, 4.69) is 10.3 Å². The first-order valence-corrected chi connectivity index (χ1v) is 4.78. The Balaban J connectivity index is 2.15. The molecule has 0 amide bonds. The van der Waals surface area contributed by atoms with Gasteiger partial charge < -0.3 is 14.9 Å². The van der Waals surface area contributed by atoms with Gasteiger partial charge in [0.1, 0.15) is 5.82 Å². The summed E-state index contributed by atoms with van der Waals surface area (Å²) in [5.41, 5.74) is 0.919. The molecule has 0 bridgehead atoms. The highest BCUT2D eigenvalue weighted by atomic mass is 16.5. The molecule has 16 heavy (non-hydrogen) atoms. The third kappa shape index (κ3) is 2.05.